The molecule has 3 nitrogen and oxygen atoms in total. The number of hydrogen-bond acceptors (Lipinski definition) is 2. The van der Waals surface area contributed by atoms with E-state index in [1.54, 1.807) is 0 Å². The summed E-state index contributed by atoms with van der Waals surface area (Å²) >= 11 is 0. The van der Waals surface area contributed by atoms with Crippen LogP contribution in [0.4, 0.5) is 5.82 Å². The molecule has 1 saturated carbocycles. The molecule has 1 aromatic heterocycles. The third-order valence-corrected chi connectivity index (χ3v) is 2.47. The zero-order valence-corrected chi connectivity index (χ0v) is 7.45. The average molecular weight is 165 g/mol. The Kier molecular flexibility index (Phi) is 2.02. The van der Waals surface area contributed by atoms with Crippen LogP contribution in [0.15, 0.2) is 12.3 Å². The van der Waals surface area contributed by atoms with Crippen molar-refractivity contribution < 1.29 is 0 Å². The van der Waals surface area contributed by atoms with Gasteiger partial charge in [-0.15, -0.1) is 0 Å². The molecule has 1 aliphatic carbocycles. The molecule has 0 amide bonds. The molecule has 1 fully saturated rings. The van der Waals surface area contributed by atoms with Gasteiger partial charge in [-0.2, -0.15) is 5.10 Å². The first-order valence-corrected chi connectivity index (χ1v) is 4.68. The van der Waals surface area contributed by atoms with Crippen molar-refractivity contribution in [2.45, 2.75) is 38.8 Å². The highest BCUT2D eigenvalue weighted by Gasteiger charge is 2.17. The molecule has 1 aliphatic rings. The third-order valence-electron chi connectivity index (χ3n) is 2.47. The van der Waals surface area contributed by atoms with E-state index in [9.17, 15) is 0 Å². The summed E-state index contributed by atoms with van der Waals surface area (Å²) < 4.78 is 2.00. The molecule has 0 bridgehead atoms. The lowest BCUT2D eigenvalue weighted by molar-refractivity contribution is 0.441. The van der Waals surface area contributed by atoms with Crippen molar-refractivity contribution in [1.29, 1.82) is 0 Å². The fourth-order valence-electron chi connectivity index (χ4n) is 1.47. The van der Waals surface area contributed by atoms with Crippen LogP contribution in [0.2, 0.25) is 0 Å². The lowest BCUT2D eigenvalue weighted by Crippen LogP contribution is -2.28. The highest BCUT2D eigenvalue weighted by atomic mass is 15.3. The average Bonchev–Trinajstić information content (AvgIpc) is 2.43. The van der Waals surface area contributed by atoms with Gasteiger partial charge in [0.05, 0.1) is 6.20 Å². The number of aryl methyl sites for hydroxylation is 1. The molecule has 12 heavy (non-hydrogen) atoms. The summed E-state index contributed by atoms with van der Waals surface area (Å²) in [6.45, 7) is 3.06. The Morgan fingerprint density at radius 1 is 1.67 bits per heavy atom. The van der Waals surface area contributed by atoms with Crippen molar-refractivity contribution in [3.05, 3.63) is 12.3 Å². The van der Waals surface area contributed by atoms with Gasteiger partial charge in [0, 0.05) is 18.7 Å². The molecule has 2 rings (SSSR count). The Hall–Kier alpha value is -0.990. The number of nitrogens with zero attached hydrogens (tertiary/aromatic N) is 2. The minimum atomic E-state index is 0.701. The Balaban J connectivity index is 2.00. The second-order valence-corrected chi connectivity index (χ2v) is 3.30. The zero-order valence-electron chi connectivity index (χ0n) is 7.45. The van der Waals surface area contributed by atoms with Crippen LogP contribution < -0.4 is 5.32 Å². The predicted molar refractivity (Wildman–Crippen MR) is 49.2 cm³/mol. The van der Waals surface area contributed by atoms with Gasteiger partial charge in [0.1, 0.15) is 5.82 Å². The predicted octanol–water partition coefficient (Wildman–Crippen LogP) is 1.87. The first-order valence-electron chi connectivity index (χ1n) is 4.68. The SMILES string of the molecule is CCn1nccc1NC1CCC1. The van der Waals surface area contributed by atoms with Crippen LogP contribution >= 0.6 is 0 Å². The molecular weight excluding hydrogens is 150 g/mol. The lowest BCUT2D eigenvalue weighted by atomic mass is 9.93. The van der Waals surface area contributed by atoms with E-state index >= 15 is 0 Å². The molecule has 66 valence electrons. The van der Waals surface area contributed by atoms with E-state index in [4.69, 9.17) is 0 Å². The maximum atomic E-state index is 4.20. The Labute approximate surface area is 72.8 Å². The zero-order chi connectivity index (χ0) is 8.39. The van der Waals surface area contributed by atoms with Crippen LogP contribution in [0.5, 0.6) is 0 Å². The molecule has 0 saturated heterocycles. The minimum absolute atomic E-state index is 0.701. The minimum Gasteiger partial charge on any atom is -0.368 e. The summed E-state index contributed by atoms with van der Waals surface area (Å²) in [4.78, 5) is 0. The molecule has 3 heteroatoms. The summed E-state index contributed by atoms with van der Waals surface area (Å²) in [7, 11) is 0. The summed E-state index contributed by atoms with van der Waals surface area (Å²) in [5.41, 5.74) is 0. The molecule has 1 N–H and O–H groups in total. The fraction of sp³-hybridized carbons (Fsp3) is 0.667. The highest BCUT2D eigenvalue weighted by Crippen LogP contribution is 2.22. The van der Waals surface area contributed by atoms with E-state index in [2.05, 4.69) is 17.3 Å². The Morgan fingerprint density at radius 2 is 2.50 bits per heavy atom. The normalized spacial score (nSPS) is 17.4. The van der Waals surface area contributed by atoms with Crippen molar-refractivity contribution >= 4 is 5.82 Å². The molecule has 0 unspecified atom stereocenters. The van der Waals surface area contributed by atoms with Gasteiger partial charge in [0.25, 0.3) is 0 Å². The molecule has 1 heterocycles. The van der Waals surface area contributed by atoms with Gasteiger partial charge in [-0.25, -0.2) is 0 Å². The van der Waals surface area contributed by atoms with Gasteiger partial charge < -0.3 is 5.32 Å². The third kappa shape index (κ3) is 1.31. The van der Waals surface area contributed by atoms with E-state index in [1.165, 1.54) is 25.1 Å². The molecule has 0 atom stereocenters. The lowest BCUT2D eigenvalue weighted by Gasteiger charge is -2.27. The quantitative estimate of drug-likeness (QED) is 0.741. The van der Waals surface area contributed by atoms with E-state index in [1.807, 2.05) is 16.9 Å². The van der Waals surface area contributed by atoms with Crippen molar-refractivity contribution in [1.82, 2.24) is 9.78 Å². The molecule has 0 radical (unpaired) electrons. The molecule has 0 aliphatic heterocycles. The first kappa shape index (κ1) is 7.65. The molecule has 0 aromatic carbocycles. The van der Waals surface area contributed by atoms with E-state index < -0.39 is 0 Å². The topological polar surface area (TPSA) is 29.9 Å². The van der Waals surface area contributed by atoms with Crippen LogP contribution in [-0.2, 0) is 6.54 Å². The maximum absolute atomic E-state index is 4.20. The van der Waals surface area contributed by atoms with Gasteiger partial charge in [0.2, 0.25) is 0 Å². The number of aromatic nitrogens is 2. The monoisotopic (exact) mass is 165 g/mol. The van der Waals surface area contributed by atoms with Gasteiger partial charge in [-0.1, -0.05) is 0 Å². The van der Waals surface area contributed by atoms with E-state index in [-0.39, 0.29) is 0 Å². The van der Waals surface area contributed by atoms with Gasteiger partial charge in [0.15, 0.2) is 0 Å². The van der Waals surface area contributed by atoms with Crippen molar-refractivity contribution in [2.24, 2.45) is 0 Å². The van der Waals surface area contributed by atoms with Crippen LogP contribution in [0, 0.1) is 0 Å². The van der Waals surface area contributed by atoms with Crippen molar-refractivity contribution in [3.8, 4) is 0 Å². The molecule has 0 spiro atoms. The largest absolute Gasteiger partial charge is 0.368 e. The summed E-state index contributed by atoms with van der Waals surface area (Å²) in [5, 5.41) is 7.68. The molecular formula is C9H15N3. The fourth-order valence-corrected chi connectivity index (χ4v) is 1.47. The van der Waals surface area contributed by atoms with Crippen LogP contribution in [0.3, 0.4) is 0 Å². The van der Waals surface area contributed by atoms with E-state index in [0.29, 0.717) is 6.04 Å². The Bertz CT molecular complexity index is 250. The second kappa shape index (κ2) is 3.17. The molecule has 1 aromatic rings. The standard InChI is InChI=1S/C9H15N3/c1-2-12-9(6-7-10-12)11-8-4-3-5-8/h6-8,11H,2-5H2,1H3. The van der Waals surface area contributed by atoms with Gasteiger partial charge in [-0.3, -0.25) is 4.68 Å². The number of nitrogens with one attached hydrogen (secondary N) is 1. The van der Waals surface area contributed by atoms with Crippen LogP contribution in [0.25, 0.3) is 0 Å². The van der Waals surface area contributed by atoms with Gasteiger partial charge in [-0.05, 0) is 26.2 Å². The Morgan fingerprint density at radius 3 is 3.08 bits per heavy atom. The van der Waals surface area contributed by atoms with Crippen molar-refractivity contribution in [3.63, 3.8) is 0 Å². The summed E-state index contributed by atoms with van der Waals surface area (Å²) in [6.07, 6.45) is 5.85. The summed E-state index contributed by atoms with van der Waals surface area (Å²) in [5.74, 6) is 1.17. The number of rotatable bonds is 3. The number of hydrogen-bond donors (Lipinski definition) is 1. The highest BCUT2D eigenvalue weighted by molar-refractivity contribution is 5.35. The van der Waals surface area contributed by atoms with Crippen LogP contribution in [-0.4, -0.2) is 15.8 Å². The second-order valence-electron chi connectivity index (χ2n) is 3.30. The van der Waals surface area contributed by atoms with Crippen LogP contribution in [0.1, 0.15) is 26.2 Å². The smallest absolute Gasteiger partial charge is 0.124 e. The maximum Gasteiger partial charge on any atom is 0.124 e. The first-order chi connectivity index (χ1) is 5.90. The summed E-state index contributed by atoms with van der Waals surface area (Å²) in [6, 6.07) is 2.74. The van der Waals surface area contributed by atoms with Gasteiger partial charge >= 0.3 is 0 Å². The number of anilines is 1. The van der Waals surface area contributed by atoms with Crippen molar-refractivity contribution in [2.75, 3.05) is 5.32 Å². The van der Waals surface area contributed by atoms with E-state index in [0.717, 1.165) is 6.54 Å².